The van der Waals surface area contributed by atoms with Gasteiger partial charge in [-0.15, -0.1) is 6.58 Å². The third-order valence-electron chi connectivity index (χ3n) is 5.87. The number of nitrogens with zero attached hydrogens (tertiary/aromatic N) is 2. The van der Waals surface area contributed by atoms with Crippen LogP contribution >= 0.6 is 11.8 Å². The molecule has 1 aromatic rings. The zero-order valence-corrected chi connectivity index (χ0v) is 22.2. The van der Waals surface area contributed by atoms with Crippen molar-refractivity contribution in [3.05, 3.63) is 42.5 Å². The number of carbonyl (C=O) groups is 2. The normalized spacial score (nSPS) is 25.9. The van der Waals surface area contributed by atoms with E-state index in [2.05, 4.69) is 6.58 Å². The smallest absolute Gasteiger partial charge is 0.416 e. The second-order valence-electron chi connectivity index (χ2n) is 9.74. The summed E-state index contributed by atoms with van der Waals surface area (Å²) in [6, 6.07) is 7.35. The van der Waals surface area contributed by atoms with Gasteiger partial charge in [0.25, 0.3) is 0 Å². The molecule has 2 heterocycles. The van der Waals surface area contributed by atoms with E-state index in [0.29, 0.717) is 24.6 Å². The van der Waals surface area contributed by atoms with Crippen molar-refractivity contribution in [2.75, 3.05) is 20.8 Å². The van der Waals surface area contributed by atoms with Crippen molar-refractivity contribution in [3.8, 4) is 5.75 Å². The van der Waals surface area contributed by atoms with Crippen LogP contribution in [0.3, 0.4) is 0 Å². The molecule has 0 aliphatic carbocycles. The molecule has 0 saturated carbocycles. The number of hydrogen-bond acceptors (Lipinski definition) is 8. The van der Waals surface area contributed by atoms with Crippen molar-refractivity contribution in [3.63, 3.8) is 0 Å². The minimum Gasteiger partial charge on any atom is -0.497 e. The highest BCUT2D eigenvalue weighted by molar-refractivity contribution is 8.14. The molecule has 0 unspecified atom stereocenters. The fourth-order valence-electron chi connectivity index (χ4n) is 4.06. The number of amides is 1. The first-order valence-electron chi connectivity index (χ1n) is 11.8. The Labute approximate surface area is 212 Å². The fourth-order valence-corrected chi connectivity index (χ4v) is 5.21. The number of aliphatic imine (C=N–C) groups is 1. The van der Waals surface area contributed by atoms with Crippen molar-refractivity contribution in [1.29, 1.82) is 0 Å². The van der Waals surface area contributed by atoms with Crippen molar-refractivity contribution in [2.24, 2.45) is 10.9 Å². The topological polar surface area (TPSA) is 86.7 Å². The number of carbonyl (C=O) groups excluding carboxylic acids is 2. The van der Waals surface area contributed by atoms with E-state index in [9.17, 15) is 9.59 Å². The highest BCUT2D eigenvalue weighted by Gasteiger charge is 2.51. The number of hydrogen-bond donors (Lipinski definition) is 0. The standard InChI is InChI=1S/C26H36N2O6S/c1-8-15-32-22-16(2)21(19(29)14-11-17-9-12-18(31-7)13-10-17)33-23-20(22)27-24(35-23)28(6)25(30)34-26(3,4)5/h8-10,12-13,16,20-23H,1,11,14-15H2,2-7H3/t16-,20-,21+,22+,23-/m1/s1. The summed E-state index contributed by atoms with van der Waals surface area (Å²) in [4.78, 5) is 31.9. The number of rotatable bonds is 8. The van der Waals surface area contributed by atoms with Crippen LogP contribution in [0.25, 0.3) is 0 Å². The van der Waals surface area contributed by atoms with Crippen LogP contribution in [0.15, 0.2) is 41.9 Å². The maximum Gasteiger partial charge on any atom is 0.416 e. The number of fused-ring (bicyclic) bond motifs is 1. The number of aryl methyl sites for hydroxylation is 1. The average molecular weight is 505 g/mol. The first-order chi connectivity index (χ1) is 16.5. The van der Waals surface area contributed by atoms with Gasteiger partial charge in [0, 0.05) is 19.4 Å². The molecule has 1 saturated heterocycles. The van der Waals surface area contributed by atoms with Crippen molar-refractivity contribution < 1.29 is 28.5 Å². The van der Waals surface area contributed by atoms with E-state index < -0.39 is 23.2 Å². The number of methoxy groups -OCH3 is 1. The lowest BCUT2D eigenvalue weighted by atomic mass is 9.86. The Morgan fingerprint density at radius 1 is 1.26 bits per heavy atom. The van der Waals surface area contributed by atoms with Crippen molar-refractivity contribution >= 4 is 28.8 Å². The van der Waals surface area contributed by atoms with Gasteiger partial charge in [0.1, 0.15) is 28.9 Å². The third kappa shape index (κ3) is 6.86. The van der Waals surface area contributed by atoms with E-state index in [0.717, 1.165) is 11.3 Å². The van der Waals surface area contributed by atoms with Gasteiger partial charge in [0.2, 0.25) is 0 Å². The lowest BCUT2D eigenvalue weighted by Crippen LogP contribution is -2.54. The van der Waals surface area contributed by atoms with Gasteiger partial charge >= 0.3 is 6.09 Å². The zero-order chi connectivity index (χ0) is 25.8. The molecule has 0 aromatic heterocycles. The van der Waals surface area contributed by atoms with Gasteiger partial charge in [0.15, 0.2) is 11.0 Å². The minimum atomic E-state index is -0.627. The molecular weight excluding hydrogens is 468 g/mol. The summed E-state index contributed by atoms with van der Waals surface area (Å²) in [7, 11) is 3.25. The van der Waals surface area contributed by atoms with Crippen LogP contribution in [-0.2, 0) is 25.4 Å². The van der Waals surface area contributed by atoms with Crippen LogP contribution < -0.4 is 4.74 Å². The molecule has 8 nitrogen and oxygen atoms in total. The fraction of sp³-hybridized carbons (Fsp3) is 0.577. The number of ketones is 1. The highest BCUT2D eigenvalue weighted by Crippen LogP contribution is 2.41. The number of thioether (sulfide) groups is 1. The van der Waals surface area contributed by atoms with E-state index in [-0.39, 0.29) is 23.8 Å². The molecule has 0 bridgehead atoms. The van der Waals surface area contributed by atoms with Gasteiger partial charge in [-0.3, -0.25) is 14.7 Å². The highest BCUT2D eigenvalue weighted by atomic mass is 32.2. The number of amidine groups is 1. The molecule has 1 aromatic carbocycles. The summed E-state index contributed by atoms with van der Waals surface area (Å²) in [5.74, 6) is 0.589. The molecule has 1 fully saturated rings. The van der Waals surface area contributed by atoms with Crippen LogP contribution in [0.4, 0.5) is 4.79 Å². The molecule has 1 amide bonds. The zero-order valence-electron chi connectivity index (χ0n) is 21.4. The monoisotopic (exact) mass is 504 g/mol. The van der Waals surface area contributed by atoms with E-state index in [1.165, 1.54) is 16.7 Å². The molecule has 192 valence electrons. The Kier molecular flexibility index (Phi) is 9.01. The summed E-state index contributed by atoms with van der Waals surface area (Å²) in [6.07, 6.45) is 1.17. The van der Waals surface area contributed by atoms with Crippen LogP contribution in [-0.4, -0.2) is 72.0 Å². The molecule has 0 radical (unpaired) electrons. The van der Waals surface area contributed by atoms with Crippen molar-refractivity contribution in [1.82, 2.24) is 4.90 Å². The van der Waals surface area contributed by atoms with Gasteiger partial charge in [-0.1, -0.05) is 36.9 Å². The summed E-state index contributed by atoms with van der Waals surface area (Å²) in [5.41, 5.74) is -0.000122. The summed E-state index contributed by atoms with van der Waals surface area (Å²) in [5, 5.41) is 0.486. The molecule has 2 aliphatic heterocycles. The van der Waals surface area contributed by atoms with Crippen LogP contribution in [0.1, 0.15) is 39.7 Å². The van der Waals surface area contributed by atoms with E-state index >= 15 is 0 Å². The Balaban J connectivity index is 1.71. The molecule has 3 rings (SSSR count). The SMILES string of the molecule is C=CCO[C@H]1[C@H](C)[C@@H](C(=O)CCc2ccc(OC)cc2)O[C@@H]2SC(N(C)C(=O)OC(C)(C)C)=N[C@H]12. The Bertz CT molecular complexity index is 942. The van der Waals surface area contributed by atoms with Gasteiger partial charge < -0.3 is 18.9 Å². The molecule has 0 spiro atoms. The summed E-state index contributed by atoms with van der Waals surface area (Å²) in [6.45, 7) is 11.5. The molecule has 5 atom stereocenters. The van der Waals surface area contributed by atoms with E-state index in [1.807, 2.05) is 52.0 Å². The van der Waals surface area contributed by atoms with Crippen molar-refractivity contribution in [2.45, 2.75) is 69.8 Å². The molecule has 2 aliphatic rings. The van der Waals surface area contributed by atoms with Gasteiger partial charge in [-0.25, -0.2) is 4.79 Å². The summed E-state index contributed by atoms with van der Waals surface area (Å²) < 4.78 is 23.0. The Hall–Kier alpha value is -2.36. The minimum absolute atomic E-state index is 0.0218. The molecular formula is C26H36N2O6S. The maximum atomic E-state index is 13.2. The lowest BCUT2D eigenvalue weighted by molar-refractivity contribution is -0.157. The Morgan fingerprint density at radius 2 is 1.94 bits per heavy atom. The van der Waals surface area contributed by atoms with Crippen LogP contribution in [0, 0.1) is 5.92 Å². The van der Waals surface area contributed by atoms with E-state index in [4.69, 9.17) is 23.9 Å². The van der Waals surface area contributed by atoms with Crippen LogP contribution in [0.2, 0.25) is 0 Å². The average Bonchev–Trinajstić information content (AvgIpc) is 3.24. The predicted molar refractivity (Wildman–Crippen MR) is 137 cm³/mol. The van der Waals surface area contributed by atoms with Gasteiger partial charge in [0.05, 0.1) is 19.8 Å². The summed E-state index contributed by atoms with van der Waals surface area (Å²) >= 11 is 1.32. The first-order valence-corrected chi connectivity index (χ1v) is 12.7. The quantitative estimate of drug-likeness (QED) is 0.483. The molecule has 0 N–H and O–H groups in total. The Morgan fingerprint density at radius 3 is 2.54 bits per heavy atom. The lowest BCUT2D eigenvalue weighted by Gasteiger charge is -2.40. The maximum absolute atomic E-state index is 13.2. The molecule has 9 heteroatoms. The first kappa shape index (κ1) is 27.2. The van der Waals surface area contributed by atoms with Gasteiger partial charge in [-0.2, -0.15) is 0 Å². The van der Waals surface area contributed by atoms with E-state index in [1.54, 1.807) is 20.2 Å². The second-order valence-corrected chi connectivity index (χ2v) is 10.8. The third-order valence-corrected chi connectivity index (χ3v) is 7.08. The van der Waals surface area contributed by atoms with Gasteiger partial charge in [-0.05, 0) is 44.9 Å². The molecule has 35 heavy (non-hydrogen) atoms. The number of ether oxygens (including phenoxy) is 4. The van der Waals surface area contributed by atoms with Crippen LogP contribution in [0.5, 0.6) is 5.75 Å². The second kappa shape index (κ2) is 11.6. The number of benzene rings is 1. The largest absolute Gasteiger partial charge is 0.497 e. The number of Topliss-reactive ketones (excluding diaryl/α,β-unsaturated/α-hetero) is 1. The predicted octanol–water partition coefficient (Wildman–Crippen LogP) is 4.47.